The van der Waals surface area contributed by atoms with Crippen molar-refractivity contribution in [1.82, 2.24) is 9.88 Å². The fraction of sp³-hybridized carbons (Fsp3) is 0.280. The number of amides is 1. The van der Waals surface area contributed by atoms with Gasteiger partial charge in [-0.3, -0.25) is 14.7 Å². The lowest BCUT2D eigenvalue weighted by Gasteiger charge is -2.30. The highest BCUT2D eigenvalue weighted by atomic mass is 32.2. The molecule has 0 aliphatic carbocycles. The number of nitrogens with one attached hydrogen (secondary N) is 1. The summed E-state index contributed by atoms with van der Waals surface area (Å²) in [6.07, 6.45) is 3.25. The van der Waals surface area contributed by atoms with Gasteiger partial charge in [0.15, 0.2) is 0 Å². The number of anilines is 2. The average Bonchev–Trinajstić information content (AvgIpc) is 3.08. The van der Waals surface area contributed by atoms with Crippen molar-refractivity contribution in [3.05, 3.63) is 84.2 Å². The van der Waals surface area contributed by atoms with E-state index in [9.17, 15) is 18.0 Å². The molecule has 178 valence electrons. The van der Waals surface area contributed by atoms with E-state index in [4.69, 9.17) is 0 Å². The van der Waals surface area contributed by atoms with Crippen molar-refractivity contribution < 1.29 is 18.0 Å². The van der Waals surface area contributed by atoms with Crippen LogP contribution in [0.25, 0.3) is 0 Å². The second-order valence-electron chi connectivity index (χ2n) is 8.74. The van der Waals surface area contributed by atoms with Crippen molar-refractivity contribution in [2.75, 3.05) is 23.4 Å². The molecule has 1 aliphatic heterocycles. The van der Waals surface area contributed by atoms with Crippen LogP contribution in [0.4, 0.5) is 24.5 Å². The average molecular weight is 487 g/mol. The van der Waals surface area contributed by atoms with Gasteiger partial charge in [0.05, 0.1) is 12.2 Å². The maximum atomic E-state index is 12.9. The number of thioether (sulfide) groups is 1. The van der Waals surface area contributed by atoms with Crippen LogP contribution in [-0.2, 0) is 6.54 Å². The van der Waals surface area contributed by atoms with Crippen LogP contribution in [0, 0.1) is 0 Å². The van der Waals surface area contributed by atoms with E-state index < -0.39 is 5.51 Å². The van der Waals surface area contributed by atoms with Crippen molar-refractivity contribution in [2.45, 2.75) is 36.3 Å². The summed E-state index contributed by atoms with van der Waals surface area (Å²) in [5.41, 5.74) is -1.58. The lowest BCUT2D eigenvalue weighted by molar-refractivity contribution is -0.0328. The lowest BCUT2D eigenvalue weighted by Crippen LogP contribution is -2.39. The van der Waals surface area contributed by atoms with Gasteiger partial charge in [-0.15, -0.1) is 0 Å². The summed E-state index contributed by atoms with van der Waals surface area (Å²) in [6, 6.07) is 17.5. The second-order valence-corrected chi connectivity index (χ2v) is 9.88. The number of rotatable bonds is 6. The van der Waals surface area contributed by atoms with Gasteiger partial charge >= 0.3 is 5.51 Å². The zero-order chi connectivity index (χ0) is 24.3. The Kier molecular flexibility index (Phi) is 6.86. The molecule has 1 aliphatic rings. The van der Waals surface area contributed by atoms with E-state index >= 15 is 0 Å². The number of para-hydroxylation sites is 1. The Labute approximate surface area is 201 Å². The van der Waals surface area contributed by atoms with Gasteiger partial charge in [0.25, 0.3) is 5.91 Å². The Morgan fingerprint density at radius 3 is 2.47 bits per heavy atom. The maximum absolute atomic E-state index is 12.9. The number of halogens is 3. The van der Waals surface area contributed by atoms with E-state index in [1.807, 2.05) is 36.4 Å². The molecule has 2 heterocycles. The highest BCUT2D eigenvalue weighted by Gasteiger charge is 2.37. The molecule has 0 saturated carbocycles. The van der Waals surface area contributed by atoms with E-state index in [0.29, 0.717) is 31.0 Å². The zero-order valence-corrected chi connectivity index (χ0v) is 19.7. The van der Waals surface area contributed by atoms with Gasteiger partial charge in [-0.25, -0.2) is 0 Å². The number of hydrogen-bond acceptors (Lipinski definition) is 5. The summed E-state index contributed by atoms with van der Waals surface area (Å²) in [6.45, 7) is 6.05. The van der Waals surface area contributed by atoms with Crippen LogP contribution < -0.4 is 10.2 Å². The normalized spacial score (nSPS) is 16.0. The lowest BCUT2D eigenvalue weighted by atomic mass is 10.0. The predicted octanol–water partition coefficient (Wildman–Crippen LogP) is 6.00. The van der Waals surface area contributed by atoms with Crippen LogP contribution in [-0.4, -0.2) is 40.1 Å². The molecule has 0 atom stereocenters. The van der Waals surface area contributed by atoms with Gasteiger partial charge in [0.2, 0.25) is 0 Å². The Morgan fingerprint density at radius 1 is 1.09 bits per heavy atom. The van der Waals surface area contributed by atoms with Gasteiger partial charge in [0, 0.05) is 47.3 Å². The van der Waals surface area contributed by atoms with Crippen LogP contribution in [0.2, 0.25) is 0 Å². The van der Waals surface area contributed by atoms with Crippen molar-refractivity contribution in [2.24, 2.45) is 0 Å². The highest BCUT2D eigenvalue weighted by molar-refractivity contribution is 8.00. The molecule has 0 radical (unpaired) electrons. The van der Waals surface area contributed by atoms with Gasteiger partial charge < -0.3 is 10.2 Å². The Bertz CT molecular complexity index is 1140. The molecule has 2 aromatic carbocycles. The minimum Gasteiger partial charge on any atom is -0.357 e. The minimum atomic E-state index is -4.30. The first kappa shape index (κ1) is 24.1. The van der Waals surface area contributed by atoms with Gasteiger partial charge in [-0.05, 0) is 73.6 Å². The van der Waals surface area contributed by atoms with Crippen molar-refractivity contribution >= 4 is 29.0 Å². The molecule has 34 heavy (non-hydrogen) atoms. The number of carbonyl (C=O) groups is 1. The predicted molar refractivity (Wildman–Crippen MR) is 129 cm³/mol. The number of pyridine rings is 1. The molecule has 0 bridgehead atoms. The molecule has 1 saturated heterocycles. The molecule has 4 rings (SSSR count). The largest absolute Gasteiger partial charge is 0.446 e. The molecule has 0 unspecified atom stereocenters. The molecule has 5 nitrogen and oxygen atoms in total. The Hall–Kier alpha value is -3.04. The van der Waals surface area contributed by atoms with Gasteiger partial charge in [0.1, 0.15) is 0 Å². The van der Waals surface area contributed by atoms with Crippen molar-refractivity contribution in [3.8, 4) is 0 Å². The van der Waals surface area contributed by atoms with Crippen molar-refractivity contribution in [3.63, 3.8) is 0 Å². The van der Waals surface area contributed by atoms with E-state index in [1.54, 1.807) is 24.5 Å². The third-order valence-electron chi connectivity index (χ3n) is 5.76. The smallest absolute Gasteiger partial charge is 0.357 e. The fourth-order valence-electron chi connectivity index (χ4n) is 4.00. The summed E-state index contributed by atoms with van der Waals surface area (Å²) in [5, 5.41) is 2.91. The number of nitrogens with zero attached hydrogens (tertiary/aromatic N) is 3. The molecule has 1 aromatic heterocycles. The Morgan fingerprint density at radius 2 is 1.79 bits per heavy atom. The molecule has 9 heteroatoms. The number of benzene rings is 2. The first-order valence-electron chi connectivity index (χ1n) is 10.8. The number of hydrogen-bond donors (Lipinski definition) is 1. The monoisotopic (exact) mass is 486 g/mol. The molecule has 1 amide bonds. The Balaban J connectivity index is 1.48. The molecule has 1 N–H and O–H groups in total. The van der Waals surface area contributed by atoms with Gasteiger partial charge in [-0.1, -0.05) is 18.2 Å². The quantitative estimate of drug-likeness (QED) is 0.433. The first-order chi connectivity index (χ1) is 16.1. The summed E-state index contributed by atoms with van der Waals surface area (Å²) in [4.78, 5) is 21.6. The summed E-state index contributed by atoms with van der Waals surface area (Å²) < 4.78 is 37.9. The summed E-state index contributed by atoms with van der Waals surface area (Å²) >= 11 is -0.114. The minimum absolute atomic E-state index is 0.114. The van der Waals surface area contributed by atoms with E-state index in [2.05, 4.69) is 33.9 Å². The van der Waals surface area contributed by atoms with E-state index in [0.717, 1.165) is 11.3 Å². The number of aromatic nitrogens is 1. The second kappa shape index (κ2) is 9.68. The van der Waals surface area contributed by atoms with Crippen LogP contribution in [0.1, 0.15) is 29.8 Å². The molecular formula is C25H25F3N4OS. The molecule has 0 spiro atoms. The standard InChI is InChI=1S/C25H25F3N4OS/c1-24(2)16-31(20-8-10-21(11-9-20)34-25(26,27)28)17-32(24)15-18-12-13-29-14-22(18)23(33)30-19-6-4-3-5-7-19/h3-14H,15-17H2,1-2H3,(H,30,33). The highest BCUT2D eigenvalue weighted by Crippen LogP contribution is 2.38. The third kappa shape index (κ3) is 5.90. The van der Waals surface area contributed by atoms with Crippen molar-refractivity contribution in [1.29, 1.82) is 0 Å². The SMILES string of the molecule is CC1(C)CN(c2ccc(SC(F)(F)F)cc2)CN1Cc1ccncc1C(=O)Nc1ccccc1. The number of alkyl halides is 3. The summed E-state index contributed by atoms with van der Waals surface area (Å²) in [7, 11) is 0. The van der Waals surface area contributed by atoms with Crippen LogP contribution >= 0.6 is 11.8 Å². The van der Waals surface area contributed by atoms with Crippen LogP contribution in [0.5, 0.6) is 0 Å². The van der Waals surface area contributed by atoms with E-state index in [-0.39, 0.29) is 28.1 Å². The molecule has 1 fully saturated rings. The fourth-order valence-corrected chi connectivity index (χ4v) is 4.54. The zero-order valence-electron chi connectivity index (χ0n) is 18.8. The topological polar surface area (TPSA) is 48.5 Å². The maximum Gasteiger partial charge on any atom is 0.446 e. The van der Waals surface area contributed by atoms with Crippen LogP contribution in [0.3, 0.4) is 0 Å². The summed E-state index contributed by atoms with van der Waals surface area (Å²) in [5.74, 6) is -0.221. The van der Waals surface area contributed by atoms with Crippen LogP contribution in [0.15, 0.2) is 78.0 Å². The van der Waals surface area contributed by atoms with E-state index in [1.165, 1.54) is 12.1 Å². The first-order valence-corrected chi connectivity index (χ1v) is 11.6. The molecular weight excluding hydrogens is 461 g/mol. The molecule has 3 aromatic rings. The van der Waals surface area contributed by atoms with Gasteiger partial charge in [-0.2, -0.15) is 13.2 Å². The number of carbonyl (C=O) groups excluding carboxylic acids is 1. The third-order valence-corrected chi connectivity index (χ3v) is 6.50.